The van der Waals surface area contributed by atoms with Crippen LogP contribution in [0, 0.1) is 17.4 Å². The summed E-state index contributed by atoms with van der Waals surface area (Å²) >= 11 is 2.15. The predicted molar refractivity (Wildman–Crippen MR) is 90.6 cm³/mol. The molecule has 0 bridgehead atoms. The van der Waals surface area contributed by atoms with Crippen LogP contribution in [-0.2, 0) is 4.74 Å². The van der Waals surface area contributed by atoms with Gasteiger partial charge in [-0.1, -0.05) is 12.1 Å². The molecule has 116 valence electrons. The third kappa shape index (κ3) is 3.32. The van der Waals surface area contributed by atoms with Crippen molar-refractivity contribution in [1.82, 2.24) is 4.98 Å². The Kier molecular flexibility index (Phi) is 5.23. The Hall–Kier alpha value is -1.83. The van der Waals surface area contributed by atoms with E-state index in [-0.39, 0.29) is 12.4 Å². The van der Waals surface area contributed by atoms with Gasteiger partial charge < -0.3 is 14.5 Å². The molecule has 0 aliphatic rings. The molecule has 2 rings (SSSR count). The molecule has 0 spiro atoms. The number of aryl methyl sites for hydroxylation is 1. The van der Waals surface area contributed by atoms with E-state index in [9.17, 15) is 9.59 Å². The summed E-state index contributed by atoms with van der Waals surface area (Å²) in [5.41, 5.74) is 1.98. The van der Waals surface area contributed by atoms with Crippen LogP contribution in [0.1, 0.15) is 32.1 Å². The first-order valence-electron chi connectivity index (χ1n) is 6.63. The molecule has 1 aromatic heterocycles. The summed E-state index contributed by atoms with van der Waals surface area (Å²) in [4.78, 5) is 27.0. The van der Waals surface area contributed by atoms with Crippen molar-refractivity contribution in [1.29, 1.82) is 0 Å². The van der Waals surface area contributed by atoms with Crippen molar-refractivity contribution in [3.63, 3.8) is 0 Å². The largest absolute Gasteiger partial charge is 0.484 e. The molecule has 22 heavy (non-hydrogen) atoms. The number of halogens is 1. The highest BCUT2D eigenvalue weighted by Gasteiger charge is 2.22. The first-order valence-corrected chi connectivity index (χ1v) is 7.71. The van der Waals surface area contributed by atoms with Crippen LogP contribution in [0.4, 0.5) is 0 Å². The van der Waals surface area contributed by atoms with Crippen molar-refractivity contribution in [3.05, 3.63) is 50.4 Å². The first-order chi connectivity index (χ1) is 10.5. The fourth-order valence-corrected chi connectivity index (χ4v) is 2.76. The number of esters is 1. The number of para-hydroxylation sites is 1. The fourth-order valence-electron chi connectivity index (χ4n) is 2.21. The van der Waals surface area contributed by atoms with E-state index in [1.165, 1.54) is 7.11 Å². The zero-order valence-corrected chi connectivity index (χ0v) is 14.7. The van der Waals surface area contributed by atoms with Crippen LogP contribution in [0.15, 0.2) is 24.3 Å². The number of carbonyl (C=O) groups is 2. The Balaban J connectivity index is 2.17. The Labute approximate surface area is 142 Å². The smallest absolute Gasteiger partial charge is 0.339 e. The van der Waals surface area contributed by atoms with Crippen LogP contribution in [0.25, 0.3) is 0 Å². The van der Waals surface area contributed by atoms with Gasteiger partial charge in [-0.15, -0.1) is 0 Å². The third-order valence-corrected chi connectivity index (χ3v) is 4.19. The molecule has 0 radical (unpaired) electrons. The van der Waals surface area contributed by atoms with E-state index in [4.69, 9.17) is 9.47 Å². The quantitative estimate of drug-likeness (QED) is 0.464. The number of nitrogens with one attached hydrogen (secondary N) is 1. The Morgan fingerprint density at radius 1 is 1.23 bits per heavy atom. The highest BCUT2D eigenvalue weighted by atomic mass is 127. The summed E-state index contributed by atoms with van der Waals surface area (Å²) < 4.78 is 11.2. The van der Waals surface area contributed by atoms with E-state index in [1.807, 2.05) is 24.3 Å². The molecular weight excluding hydrogens is 397 g/mol. The van der Waals surface area contributed by atoms with Crippen molar-refractivity contribution in [3.8, 4) is 5.75 Å². The number of Topliss-reactive ketones (excluding diaryl/α,β-unsaturated/α-hetero) is 1. The van der Waals surface area contributed by atoms with E-state index in [0.29, 0.717) is 28.3 Å². The molecule has 2 aromatic rings. The summed E-state index contributed by atoms with van der Waals surface area (Å²) in [6, 6.07) is 7.46. The molecule has 0 aliphatic carbocycles. The number of aromatic nitrogens is 1. The van der Waals surface area contributed by atoms with Crippen LogP contribution < -0.4 is 4.74 Å². The number of carbonyl (C=O) groups excluding carboxylic acids is 2. The molecule has 0 unspecified atom stereocenters. The number of benzene rings is 1. The number of hydrogen-bond acceptors (Lipinski definition) is 4. The number of ketones is 1. The van der Waals surface area contributed by atoms with E-state index >= 15 is 0 Å². The molecule has 5 nitrogen and oxygen atoms in total. The van der Waals surface area contributed by atoms with E-state index < -0.39 is 5.97 Å². The van der Waals surface area contributed by atoms with Gasteiger partial charge in [0.25, 0.3) is 0 Å². The van der Waals surface area contributed by atoms with Crippen LogP contribution in [0.2, 0.25) is 0 Å². The second kappa shape index (κ2) is 6.95. The van der Waals surface area contributed by atoms with Gasteiger partial charge in [-0.25, -0.2) is 4.79 Å². The number of rotatable bonds is 5. The standard InChI is InChI=1S/C16H16INO4/c1-9-14(16(20)21-3)10(2)18-15(9)12(19)8-22-13-7-5-4-6-11(13)17/h4-7,18H,8H2,1-3H3. The lowest BCUT2D eigenvalue weighted by molar-refractivity contribution is 0.0599. The average molecular weight is 413 g/mol. The Morgan fingerprint density at radius 2 is 1.91 bits per heavy atom. The fraction of sp³-hybridized carbons (Fsp3) is 0.250. The van der Waals surface area contributed by atoms with Crippen molar-refractivity contribution >= 4 is 34.3 Å². The van der Waals surface area contributed by atoms with Gasteiger partial charge >= 0.3 is 5.97 Å². The molecule has 6 heteroatoms. The average Bonchev–Trinajstić information content (AvgIpc) is 2.80. The van der Waals surface area contributed by atoms with Crippen molar-refractivity contribution in [2.24, 2.45) is 0 Å². The third-order valence-electron chi connectivity index (χ3n) is 3.30. The molecule has 0 aliphatic heterocycles. The molecular formula is C16H16INO4. The summed E-state index contributed by atoms with van der Waals surface area (Å²) in [6.45, 7) is 3.35. The van der Waals surface area contributed by atoms with Gasteiger partial charge in [0.15, 0.2) is 6.61 Å². The lowest BCUT2D eigenvalue weighted by Crippen LogP contribution is -2.14. The van der Waals surface area contributed by atoms with Crippen molar-refractivity contribution in [2.75, 3.05) is 13.7 Å². The lowest BCUT2D eigenvalue weighted by atomic mass is 10.1. The zero-order chi connectivity index (χ0) is 16.3. The van der Waals surface area contributed by atoms with E-state index in [1.54, 1.807) is 13.8 Å². The van der Waals surface area contributed by atoms with Crippen molar-refractivity contribution in [2.45, 2.75) is 13.8 Å². The van der Waals surface area contributed by atoms with Crippen LogP contribution in [0.5, 0.6) is 5.75 Å². The second-order valence-corrected chi connectivity index (χ2v) is 5.92. The minimum atomic E-state index is -0.455. The number of ether oxygens (including phenoxy) is 2. The number of H-pyrrole nitrogens is 1. The van der Waals surface area contributed by atoms with Crippen molar-refractivity contribution < 1.29 is 19.1 Å². The molecule has 1 aromatic carbocycles. The van der Waals surface area contributed by atoms with Crippen LogP contribution in [0.3, 0.4) is 0 Å². The van der Waals surface area contributed by atoms with Gasteiger partial charge in [0.2, 0.25) is 5.78 Å². The molecule has 1 N–H and O–H groups in total. The summed E-state index contributed by atoms with van der Waals surface area (Å²) in [6.07, 6.45) is 0. The molecule has 0 amide bonds. The minimum absolute atomic E-state index is 0.0958. The first kappa shape index (κ1) is 16.5. The topological polar surface area (TPSA) is 68.4 Å². The predicted octanol–water partition coefficient (Wildman–Crippen LogP) is 3.28. The second-order valence-electron chi connectivity index (χ2n) is 4.76. The molecule has 0 atom stereocenters. The lowest BCUT2D eigenvalue weighted by Gasteiger charge is -2.07. The number of methoxy groups -OCH3 is 1. The highest BCUT2D eigenvalue weighted by molar-refractivity contribution is 14.1. The summed E-state index contributed by atoms with van der Waals surface area (Å²) in [5, 5.41) is 0. The number of aromatic amines is 1. The van der Waals surface area contributed by atoms with Gasteiger partial charge in [-0.3, -0.25) is 4.79 Å². The normalized spacial score (nSPS) is 10.4. The monoisotopic (exact) mass is 413 g/mol. The maximum absolute atomic E-state index is 12.3. The van der Waals surface area contributed by atoms with Gasteiger partial charge in [-0.2, -0.15) is 0 Å². The van der Waals surface area contributed by atoms with E-state index in [0.717, 1.165) is 3.57 Å². The minimum Gasteiger partial charge on any atom is -0.484 e. The van der Waals surface area contributed by atoms with E-state index in [2.05, 4.69) is 27.6 Å². The van der Waals surface area contributed by atoms with Gasteiger partial charge in [-0.05, 0) is 54.1 Å². The summed E-state index contributed by atoms with van der Waals surface area (Å²) in [7, 11) is 1.32. The molecule has 0 saturated heterocycles. The maximum atomic E-state index is 12.3. The molecule has 0 saturated carbocycles. The number of hydrogen-bond donors (Lipinski definition) is 1. The van der Waals surface area contributed by atoms with Crippen LogP contribution >= 0.6 is 22.6 Å². The van der Waals surface area contributed by atoms with Crippen LogP contribution in [-0.4, -0.2) is 30.5 Å². The molecule has 0 fully saturated rings. The molecule has 1 heterocycles. The Bertz CT molecular complexity index is 721. The SMILES string of the molecule is COC(=O)c1c(C)[nH]c(C(=O)COc2ccccc2I)c1C. The maximum Gasteiger partial charge on any atom is 0.339 e. The zero-order valence-electron chi connectivity index (χ0n) is 12.5. The van der Waals surface area contributed by atoms with Gasteiger partial charge in [0.05, 0.1) is 21.9 Å². The highest BCUT2D eigenvalue weighted by Crippen LogP contribution is 2.22. The Morgan fingerprint density at radius 3 is 2.55 bits per heavy atom. The van der Waals surface area contributed by atoms with Gasteiger partial charge in [0, 0.05) is 5.69 Å². The van der Waals surface area contributed by atoms with Gasteiger partial charge in [0.1, 0.15) is 5.75 Å². The summed E-state index contributed by atoms with van der Waals surface area (Å²) in [5.74, 6) is -0.00944.